The second kappa shape index (κ2) is 8.05. The molecule has 2 aromatic carbocycles. The highest BCUT2D eigenvalue weighted by atomic mass is 32.1. The summed E-state index contributed by atoms with van der Waals surface area (Å²) in [6.07, 6.45) is 0. The Kier molecular flexibility index (Phi) is 5.56. The molecule has 0 fully saturated rings. The molecule has 1 N–H and O–H groups in total. The first kappa shape index (κ1) is 18.7. The summed E-state index contributed by atoms with van der Waals surface area (Å²) in [6, 6.07) is 9.75. The molecule has 27 heavy (non-hydrogen) atoms. The molecule has 0 aliphatic heterocycles. The molecule has 0 saturated heterocycles. The lowest BCUT2D eigenvalue weighted by molar-refractivity contribution is -0.119. The van der Waals surface area contributed by atoms with Gasteiger partial charge < -0.3 is 4.74 Å². The zero-order valence-corrected chi connectivity index (χ0v) is 15.0. The topological polar surface area (TPSA) is 68.3 Å². The molecule has 0 aliphatic rings. The highest BCUT2D eigenvalue weighted by Crippen LogP contribution is 2.25. The smallest absolute Gasteiger partial charge is 0.338 e. The molecule has 1 aromatic heterocycles. The summed E-state index contributed by atoms with van der Waals surface area (Å²) in [5, 5.41) is 4.54. The monoisotopic (exact) mass is 388 g/mol. The van der Waals surface area contributed by atoms with Crippen LogP contribution in [0.2, 0.25) is 0 Å². The minimum absolute atomic E-state index is 0.0266. The first-order valence-corrected chi connectivity index (χ1v) is 8.75. The van der Waals surface area contributed by atoms with Gasteiger partial charge in [-0.3, -0.25) is 10.1 Å². The number of ether oxygens (including phenoxy) is 1. The molecule has 1 heterocycles. The third-order valence-electron chi connectivity index (χ3n) is 3.63. The first-order valence-electron chi connectivity index (χ1n) is 7.87. The van der Waals surface area contributed by atoms with Crippen LogP contribution in [0, 0.1) is 18.6 Å². The van der Waals surface area contributed by atoms with Gasteiger partial charge in [0.25, 0.3) is 5.91 Å². The molecule has 8 heteroatoms. The van der Waals surface area contributed by atoms with Crippen molar-refractivity contribution in [3.05, 3.63) is 70.6 Å². The Labute approximate surface area is 157 Å². The number of amides is 1. The Hall–Kier alpha value is -3.13. The number of rotatable bonds is 5. The maximum Gasteiger partial charge on any atom is 0.338 e. The molecule has 3 rings (SSSR count). The van der Waals surface area contributed by atoms with E-state index in [4.69, 9.17) is 4.74 Å². The fraction of sp³-hybridized carbons (Fsp3) is 0.105. The Morgan fingerprint density at radius 1 is 1.15 bits per heavy atom. The maximum atomic E-state index is 13.5. The van der Waals surface area contributed by atoms with E-state index in [0.29, 0.717) is 22.0 Å². The average molecular weight is 388 g/mol. The maximum absolute atomic E-state index is 13.5. The highest BCUT2D eigenvalue weighted by Gasteiger charge is 2.13. The van der Waals surface area contributed by atoms with E-state index in [1.54, 1.807) is 24.4 Å². The fourth-order valence-electron chi connectivity index (χ4n) is 2.17. The number of carbonyl (C=O) groups is 2. The molecule has 0 aliphatic carbocycles. The van der Waals surface area contributed by atoms with E-state index in [2.05, 4.69) is 10.3 Å². The number of nitrogens with one attached hydrogen (secondary N) is 1. The molecule has 0 unspecified atom stereocenters. The number of anilines is 1. The van der Waals surface area contributed by atoms with Gasteiger partial charge in [-0.25, -0.2) is 18.6 Å². The van der Waals surface area contributed by atoms with Crippen molar-refractivity contribution in [2.24, 2.45) is 0 Å². The van der Waals surface area contributed by atoms with Crippen LogP contribution in [0.3, 0.4) is 0 Å². The molecule has 3 aromatic rings. The summed E-state index contributed by atoms with van der Waals surface area (Å²) < 4.78 is 31.3. The average Bonchev–Trinajstić information content (AvgIpc) is 3.11. The Bertz CT molecular complexity index is 987. The quantitative estimate of drug-likeness (QED) is 0.666. The molecule has 0 atom stereocenters. The van der Waals surface area contributed by atoms with E-state index in [0.717, 1.165) is 6.07 Å². The molecular formula is C19H14F2N2O3S. The number of aryl methyl sites for hydroxylation is 1. The Balaban J connectivity index is 1.55. The van der Waals surface area contributed by atoms with E-state index in [1.165, 1.54) is 35.6 Å². The van der Waals surface area contributed by atoms with E-state index < -0.39 is 24.3 Å². The number of nitrogens with zero attached hydrogens (tertiary/aromatic N) is 1. The van der Waals surface area contributed by atoms with Crippen LogP contribution >= 0.6 is 11.3 Å². The van der Waals surface area contributed by atoms with Crippen LogP contribution in [0.5, 0.6) is 0 Å². The number of halogens is 2. The van der Waals surface area contributed by atoms with Gasteiger partial charge in [0.2, 0.25) is 0 Å². The second-order valence-corrected chi connectivity index (χ2v) is 6.49. The van der Waals surface area contributed by atoms with Crippen molar-refractivity contribution in [3.63, 3.8) is 0 Å². The van der Waals surface area contributed by atoms with Gasteiger partial charge in [-0.05, 0) is 48.9 Å². The first-order chi connectivity index (χ1) is 12.9. The molecular weight excluding hydrogens is 374 g/mol. The third-order valence-corrected chi connectivity index (χ3v) is 4.39. The van der Waals surface area contributed by atoms with Crippen LogP contribution in [0.15, 0.2) is 47.8 Å². The number of hydrogen-bond acceptors (Lipinski definition) is 5. The second-order valence-electron chi connectivity index (χ2n) is 5.63. The van der Waals surface area contributed by atoms with Crippen molar-refractivity contribution in [1.82, 2.24) is 4.98 Å². The summed E-state index contributed by atoms with van der Waals surface area (Å²) in [7, 11) is 0. The minimum Gasteiger partial charge on any atom is -0.452 e. The SMILES string of the molecule is Cc1ccc(C(=O)OCC(=O)Nc2nc(-c3ccc(F)cc3)cs2)cc1F. The van der Waals surface area contributed by atoms with Gasteiger partial charge >= 0.3 is 5.97 Å². The van der Waals surface area contributed by atoms with Gasteiger partial charge in [0.05, 0.1) is 11.3 Å². The van der Waals surface area contributed by atoms with Crippen LogP contribution in [-0.4, -0.2) is 23.5 Å². The van der Waals surface area contributed by atoms with Gasteiger partial charge in [-0.15, -0.1) is 11.3 Å². The van der Waals surface area contributed by atoms with E-state index >= 15 is 0 Å². The van der Waals surface area contributed by atoms with Gasteiger partial charge in [0, 0.05) is 10.9 Å². The third kappa shape index (κ3) is 4.73. The molecule has 1 amide bonds. The van der Waals surface area contributed by atoms with Crippen molar-refractivity contribution in [1.29, 1.82) is 0 Å². The lowest BCUT2D eigenvalue weighted by Crippen LogP contribution is -2.21. The lowest BCUT2D eigenvalue weighted by atomic mass is 10.1. The van der Waals surface area contributed by atoms with Crippen molar-refractivity contribution >= 4 is 28.3 Å². The van der Waals surface area contributed by atoms with Crippen molar-refractivity contribution in [3.8, 4) is 11.3 Å². The Morgan fingerprint density at radius 3 is 2.59 bits per heavy atom. The zero-order chi connectivity index (χ0) is 19.4. The van der Waals surface area contributed by atoms with Crippen LogP contribution in [-0.2, 0) is 9.53 Å². The summed E-state index contributed by atoms with van der Waals surface area (Å²) >= 11 is 1.18. The molecule has 0 bridgehead atoms. The number of esters is 1. The number of thiazole rings is 1. The van der Waals surface area contributed by atoms with E-state index in [-0.39, 0.29) is 11.4 Å². The van der Waals surface area contributed by atoms with Crippen molar-refractivity contribution in [2.75, 3.05) is 11.9 Å². The molecule has 0 saturated carbocycles. The largest absolute Gasteiger partial charge is 0.452 e. The summed E-state index contributed by atoms with van der Waals surface area (Å²) in [5.74, 6) is -2.24. The van der Waals surface area contributed by atoms with Gasteiger partial charge in [0.15, 0.2) is 11.7 Å². The van der Waals surface area contributed by atoms with Gasteiger partial charge in [-0.1, -0.05) is 6.07 Å². The summed E-state index contributed by atoms with van der Waals surface area (Å²) in [4.78, 5) is 28.0. The lowest BCUT2D eigenvalue weighted by Gasteiger charge is -2.05. The number of benzene rings is 2. The predicted molar refractivity (Wildman–Crippen MR) is 97.6 cm³/mol. The van der Waals surface area contributed by atoms with E-state index in [1.807, 2.05) is 0 Å². The number of hydrogen-bond donors (Lipinski definition) is 1. The predicted octanol–water partition coefficient (Wildman–Crippen LogP) is 4.19. The van der Waals surface area contributed by atoms with E-state index in [9.17, 15) is 18.4 Å². The summed E-state index contributed by atoms with van der Waals surface area (Å²) in [6.45, 7) is 1.05. The minimum atomic E-state index is -0.796. The van der Waals surface area contributed by atoms with Crippen LogP contribution < -0.4 is 5.32 Å². The standard InChI is InChI=1S/C19H14F2N2O3S/c1-11-2-3-13(8-15(11)21)18(25)26-9-17(24)23-19-22-16(10-27-19)12-4-6-14(20)7-5-12/h2-8,10H,9H2,1H3,(H,22,23,24). The molecule has 138 valence electrons. The highest BCUT2D eigenvalue weighted by molar-refractivity contribution is 7.14. The van der Waals surface area contributed by atoms with Gasteiger partial charge in [-0.2, -0.15) is 0 Å². The van der Waals surface area contributed by atoms with Crippen LogP contribution in [0.4, 0.5) is 13.9 Å². The normalized spacial score (nSPS) is 10.5. The van der Waals surface area contributed by atoms with Crippen molar-refractivity contribution < 1.29 is 23.1 Å². The zero-order valence-electron chi connectivity index (χ0n) is 14.2. The molecule has 0 spiro atoms. The number of carbonyl (C=O) groups excluding carboxylic acids is 2. The fourth-order valence-corrected chi connectivity index (χ4v) is 2.91. The molecule has 0 radical (unpaired) electrons. The van der Waals surface area contributed by atoms with Crippen molar-refractivity contribution in [2.45, 2.75) is 6.92 Å². The van der Waals surface area contributed by atoms with Gasteiger partial charge in [0.1, 0.15) is 11.6 Å². The summed E-state index contributed by atoms with van der Waals surface area (Å²) in [5.41, 5.74) is 1.73. The number of aromatic nitrogens is 1. The Morgan fingerprint density at radius 2 is 1.89 bits per heavy atom. The molecule has 5 nitrogen and oxygen atoms in total. The van der Waals surface area contributed by atoms with Crippen LogP contribution in [0.1, 0.15) is 15.9 Å². The van der Waals surface area contributed by atoms with Crippen LogP contribution in [0.25, 0.3) is 11.3 Å².